The number of amides is 1. The summed E-state index contributed by atoms with van der Waals surface area (Å²) >= 11 is 3.39. The second-order valence-corrected chi connectivity index (χ2v) is 7.73. The number of carbonyl (C=O) groups excluding carboxylic acids is 2. The maximum Gasteiger partial charge on any atom is 0.294 e. The predicted molar refractivity (Wildman–Crippen MR) is 113 cm³/mol. The summed E-state index contributed by atoms with van der Waals surface area (Å²) in [5, 5.41) is 11.4. The number of furan rings is 2. The molecule has 0 radical (unpaired) electrons. The van der Waals surface area contributed by atoms with E-state index in [1.54, 1.807) is 54.6 Å². The van der Waals surface area contributed by atoms with Crippen molar-refractivity contribution in [2.24, 2.45) is 0 Å². The van der Waals surface area contributed by atoms with Crippen molar-refractivity contribution in [1.82, 2.24) is 0 Å². The van der Waals surface area contributed by atoms with Gasteiger partial charge in [0.1, 0.15) is 17.4 Å². The fourth-order valence-corrected chi connectivity index (χ4v) is 4.05. The number of aliphatic hydroxyl groups is 1. The molecule has 0 fully saturated rings. The highest BCUT2D eigenvalue weighted by atomic mass is 79.9. The van der Waals surface area contributed by atoms with E-state index in [0.29, 0.717) is 17.0 Å². The lowest BCUT2D eigenvalue weighted by atomic mass is 9.99. The third-order valence-corrected chi connectivity index (χ3v) is 5.50. The predicted octanol–water partition coefficient (Wildman–Crippen LogP) is 5.57. The van der Waals surface area contributed by atoms with E-state index in [0.717, 1.165) is 9.86 Å². The molecule has 6 nitrogen and oxygen atoms in total. The molecule has 148 valence electrons. The number of nitrogens with zero attached hydrogens (tertiary/aromatic N) is 1. The number of halogens is 1. The first kappa shape index (κ1) is 18.4. The number of para-hydroxylation sites is 1. The average molecular weight is 464 g/mol. The number of rotatable bonds is 4. The first-order chi connectivity index (χ1) is 14.5. The highest BCUT2D eigenvalue weighted by Crippen LogP contribution is 2.42. The third-order valence-electron chi connectivity index (χ3n) is 5.00. The van der Waals surface area contributed by atoms with Crippen molar-refractivity contribution < 1.29 is 23.5 Å². The Bertz CT molecular complexity index is 1300. The van der Waals surface area contributed by atoms with Gasteiger partial charge in [0.2, 0.25) is 5.78 Å². The zero-order valence-corrected chi connectivity index (χ0v) is 17.0. The van der Waals surface area contributed by atoms with Gasteiger partial charge in [0, 0.05) is 15.5 Å². The summed E-state index contributed by atoms with van der Waals surface area (Å²) in [5.41, 5.74) is 0.976. The van der Waals surface area contributed by atoms with Crippen molar-refractivity contribution in [3.05, 3.63) is 100 Å². The summed E-state index contributed by atoms with van der Waals surface area (Å²) in [6.45, 7) is 0. The highest BCUT2D eigenvalue weighted by Gasteiger charge is 2.46. The third kappa shape index (κ3) is 2.86. The van der Waals surface area contributed by atoms with Crippen LogP contribution < -0.4 is 4.90 Å². The molecule has 1 unspecified atom stereocenters. The lowest BCUT2D eigenvalue weighted by molar-refractivity contribution is -0.117. The number of hydrogen-bond donors (Lipinski definition) is 1. The molecule has 1 N–H and O–H groups in total. The summed E-state index contributed by atoms with van der Waals surface area (Å²) in [4.78, 5) is 27.7. The molecule has 4 aromatic rings. The lowest BCUT2D eigenvalue weighted by Gasteiger charge is -2.24. The van der Waals surface area contributed by atoms with E-state index < -0.39 is 23.5 Å². The molecule has 1 atom stereocenters. The van der Waals surface area contributed by atoms with E-state index in [2.05, 4.69) is 15.9 Å². The fourth-order valence-electron chi connectivity index (χ4n) is 3.67. The standard InChI is InChI=1S/C23H14BrNO5/c24-14-8-9-16-13(11-14)12-18(30-16)21(26)19-20(17-7-4-10-29-17)25(23(28)22(19)27)15-5-2-1-3-6-15/h1-12,20,27H. The molecule has 0 aliphatic carbocycles. The Balaban J connectivity index is 1.64. The van der Waals surface area contributed by atoms with Gasteiger partial charge in [-0.05, 0) is 48.5 Å². The minimum Gasteiger partial charge on any atom is -0.503 e. The van der Waals surface area contributed by atoms with Crippen LogP contribution in [-0.2, 0) is 4.79 Å². The van der Waals surface area contributed by atoms with E-state index in [4.69, 9.17) is 8.83 Å². The maximum absolute atomic E-state index is 13.4. The molecular formula is C23H14BrNO5. The normalized spacial score (nSPS) is 16.6. The van der Waals surface area contributed by atoms with Crippen LogP contribution in [0, 0.1) is 0 Å². The number of aliphatic hydroxyl groups excluding tert-OH is 1. The fraction of sp³-hybridized carbons (Fsp3) is 0.0435. The molecule has 0 bridgehead atoms. The Morgan fingerprint density at radius 2 is 1.83 bits per heavy atom. The quantitative estimate of drug-likeness (QED) is 0.399. The molecule has 5 rings (SSSR count). The first-order valence-electron chi connectivity index (χ1n) is 9.13. The van der Waals surface area contributed by atoms with Gasteiger partial charge >= 0.3 is 0 Å². The van der Waals surface area contributed by atoms with Gasteiger partial charge in [-0.1, -0.05) is 34.1 Å². The van der Waals surface area contributed by atoms with Gasteiger partial charge < -0.3 is 13.9 Å². The van der Waals surface area contributed by atoms with Crippen LogP contribution in [0.1, 0.15) is 22.4 Å². The van der Waals surface area contributed by atoms with Gasteiger partial charge in [-0.15, -0.1) is 0 Å². The minimum absolute atomic E-state index is 0.0314. The summed E-state index contributed by atoms with van der Waals surface area (Å²) < 4.78 is 12.1. The van der Waals surface area contributed by atoms with Crippen LogP contribution in [0.4, 0.5) is 5.69 Å². The summed E-state index contributed by atoms with van der Waals surface area (Å²) in [7, 11) is 0. The zero-order chi connectivity index (χ0) is 20.8. The Morgan fingerprint density at radius 3 is 2.57 bits per heavy atom. The number of anilines is 1. The van der Waals surface area contributed by atoms with Gasteiger partial charge in [-0.25, -0.2) is 0 Å². The van der Waals surface area contributed by atoms with E-state index >= 15 is 0 Å². The molecule has 1 amide bonds. The zero-order valence-electron chi connectivity index (χ0n) is 15.4. The SMILES string of the molecule is O=C(C1=C(O)C(=O)N(c2ccccc2)C1c1ccco1)c1cc2cc(Br)ccc2o1. The highest BCUT2D eigenvalue weighted by molar-refractivity contribution is 9.10. The second kappa shape index (κ2) is 7.03. The molecule has 2 aromatic heterocycles. The minimum atomic E-state index is -0.914. The topological polar surface area (TPSA) is 83.9 Å². The van der Waals surface area contributed by atoms with Crippen molar-refractivity contribution in [3.63, 3.8) is 0 Å². The van der Waals surface area contributed by atoms with Crippen LogP contribution in [0.5, 0.6) is 0 Å². The average Bonchev–Trinajstić information content (AvgIpc) is 3.47. The molecule has 3 heterocycles. The Hall–Kier alpha value is -3.58. The van der Waals surface area contributed by atoms with Gasteiger partial charge in [0.05, 0.1) is 11.8 Å². The van der Waals surface area contributed by atoms with Crippen molar-refractivity contribution in [2.45, 2.75) is 6.04 Å². The smallest absolute Gasteiger partial charge is 0.294 e. The van der Waals surface area contributed by atoms with E-state index in [1.165, 1.54) is 11.2 Å². The summed E-state index contributed by atoms with van der Waals surface area (Å²) in [6.07, 6.45) is 1.46. The van der Waals surface area contributed by atoms with Gasteiger partial charge in [-0.2, -0.15) is 0 Å². The Morgan fingerprint density at radius 1 is 1.03 bits per heavy atom. The van der Waals surface area contributed by atoms with Crippen LogP contribution in [0.2, 0.25) is 0 Å². The van der Waals surface area contributed by atoms with Gasteiger partial charge in [-0.3, -0.25) is 14.5 Å². The van der Waals surface area contributed by atoms with Crippen LogP contribution in [0.3, 0.4) is 0 Å². The van der Waals surface area contributed by atoms with Crippen LogP contribution in [-0.4, -0.2) is 16.8 Å². The van der Waals surface area contributed by atoms with Crippen molar-refractivity contribution in [3.8, 4) is 0 Å². The van der Waals surface area contributed by atoms with Gasteiger partial charge in [0.15, 0.2) is 11.5 Å². The molecule has 0 spiro atoms. The summed E-state index contributed by atoms with van der Waals surface area (Å²) in [5.74, 6) is -1.48. The van der Waals surface area contributed by atoms with Crippen LogP contribution in [0.15, 0.2) is 97.6 Å². The largest absolute Gasteiger partial charge is 0.503 e. The van der Waals surface area contributed by atoms with E-state index in [-0.39, 0.29) is 11.3 Å². The van der Waals surface area contributed by atoms with Gasteiger partial charge in [0.25, 0.3) is 5.91 Å². The van der Waals surface area contributed by atoms with Crippen LogP contribution in [0.25, 0.3) is 11.0 Å². The first-order valence-corrected chi connectivity index (χ1v) is 9.93. The van der Waals surface area contributed by atoms with Crippen molar-refractivity contribution >= 4 is 44.3 Å². The van der Waals surface area contributed by atoms with Crippen molar-refractivity contribution in [2.75, 3.05) is 4.90 Å². The monoisotopic (exact) mass is 463 g/mol. The Kier molecular flexibility index (Phi) is 4.33. The summed E-state index contributed by atoms with van der Waals surface area (Å²) in [6, 6.07) is 18.2. The lowest BCUT2D eigenvalue weighted by Crippen LogP contribution is -2.30. The molecule has 1 aliphatic rings. The van der Waals surface area contributed by atoms with E-state index in [9.17, 15) is 14.7 Å². The number of ketones is 1. The molecule has 0 saturated heterocycles. The number of carbonyl (C=O) groups is 2. The van der Waals surface area contributed by atoms with Crippen molar-refractivity contribution in [1.29, 1.82) is 0 Å². The van der Waals surface area contributed by atoms with E-state index in [1.807, 2.05) is 12.1 Å². The number of benzene rings is 2. The molecule has 1 aliphatic heterocycles. The van der Waals surface area contributed by atoms with Crippen LogP contribution >= 0.6 is 15.9 Å². The molecular weight excluding hydrogens is 450 g/mol. The molecule has 2 aromatic carbocycles. The number of fused-ring (bicyclic) bond motifs is 1. The molecule has 0 saturated carbocycles. The molecule has 7 heteroatoms. The second-order valence-electron chi connectivity index (χ2n) is 6.81. The number of hydrogen-bond acceptors (Lipinski definition) is 5. The Labute approximate surface area is 179 Å². The maximum atomic E-state index is 13.4. The number of Topliss-reactive ketones (excluding diaryl/α,β-unsaturated/α-hetero) is 1. The molecule has 30 heavy (non-hydrogen) atoms.